The van der Waals surface area contributed by atoms with Crippen molar-refractivity contribution in [1.29, 1.82) is 0 Å². The Morgan fingerprint density at radius 3 is 2.52 bits per heavy atom. The summed E-state index contributed by atoms with van der Waals surface area (Å²) in [6.07, 6.45) is 2.00. The van der Waals surface area contributed by atoms with Gasteiger partial charge in [0.15, 0.2) is 5.78 Å². The molecule has 1 aromatic carbocycles. The fourth-order valence-corrected chi connectivity index (χ4v) is 5.65. The molecule has 0 N–H and O–H groups in total. The number of thiophene rings is 1. The lowest BCUT2D eigenvalue weighted by Crippen LogP contribution is -1.94. The van der Waals surface area contributed by atoms with Crippen molar-refractivity contribution in [2.24, 2.45) is 0 Å². The van der Waals surface area contributed by atoms with Crippen LogP contribution in [0.25, 0.3) is 21.1 Å². The van der Waals surface area contributed by atoms with Crippen molar-refractivity contribution in [3.63, 3.8) is 0 Å². The van der Waals surface area contributed by atoms with E-state index >= 15 is 0 Å². The zero-order valence-corrected chi connectivity index (χ0v) is 16.1. The van der Waals surface area contributed by atoms with Crippen LogP contribution in [0.2, 0.25) is 5.02 Å². The molecular weight excluding hydrogens is 366 g/mol. The van der Waals surface area contributed by atoms with Gasteiger partial charge in [-0.25, -0.2) is 4.98 Å². The van der Waals surface area contributed by atoms with E-state index in [4.69, 9.17) is 16.6 Å². The molecule has 0 spiro atoms. The molecule has 0 saturated carbocycles. The van der Waals surface area contributed by atoms with Crippen LogP contribution < -0.4 is 0 Å². The van der Waals surface area contributed by atoms with Crippen LogP contribution in [0.15, 0.2) is 33.9 Å². The third kappa shape index (κ3) is 3.24. The number of thiazole rings is 1. The highest BCUT2D eigenvalue weighted by Gasteiger charge is 2.20. The second-order valence-corrected chi connectivity index (χ2v) is 8.41. The summed E-state index contributed by atoms with van der Waals surface area (Å²) in [5.74, 6) is 0.115. The number of benzene rings is 1. The number of Topliss-reactive ketones (excluding diaryl/α,β-unsaturated/α-hetero) is 1. The molecule has 0 amide bonds. The SMILES string of the molecule is CSc1sc(-c2nc(-c3ccc(Cl)cc3)cs2)c(C)c1C(C)=O. The Kier molecular flexibility index (Phi) is 4.92. The van der Waals surface area contributed by atoms with Gasteiger partial charge in [0, 0.05) is 21.5 Å². The van der Waals surface area contributed by atoms with Gasteiger partial charge in [-0.15, -0.1) is 34.4 Å². The van der Waals surface area contributed by atoms with Gasteiger partial charge in [0.1, 0.15) is 5.01 Å². The third-order valence-corrected chi connectivity index (χ3v) is 7.15. The number of carbonyl (C=O) groups is 1. The minimum absolute atomic E-state index is 0.115. The molecule has 2 heterocycles. The van der Waals surface area contributed by atoms with Gasteiger partial charge in [0.2, 0.25) is 0 Å². The smallest absolute Gasteiger partial charge is 0.162 e. The molecule has 0 bridgehead atoms. The molecule has 0 aliphatic carbocycles. The van der Waals surface area contributed by atoms with E-state index in [1.165, 1.54) is 0 Å². The zero-order valence-electron chi connectivity index (χ0n) is 12.8. The van der Waals surface area contributed by atoms with Gasteiger partial charge in [-0.1, -0.05) is 23.7 Å². The Hall–Kier alpha value is -1.14. The highest BCUT2D eigenvalue weighted by molar-refractivity contribution is 8.00. The summed E-state index contributed by atoms with van der Waals surface area (Å²) >= 11 is 10.8. The van der Waals surface area contributed by atoms with Gasteiger partial charge in [-0.05, 0) is 37.8 Å². The zero-order chi connectivity index (χ0) is 16.6. The van der Waals surface area contributed by atoms with Gasteiger partial charge in [0.05, 0.1) is 14.8 Å². The largest absolute Gasteiger partial charge is 0.294 e. The number of nitrogens with zero attached hydrogens (tertiary/aromatic N) is 1. The molecule has 0 fully saturated rings. The van der Waals surface area contributed by atoms with E-state index in [0.29, 0.717) is 5.02 Å². The number of ketones is 1. The molecule has 2 nitrogen and oxygen atoms in total. The van der Waals surface area contributed by atoms with Crippen molar-refractivity contribution < 1.29 is 4.79 Å². The molecule has 0 aliphatic heterocycles. The summed E-state index contributed by atoms with van der Waals surface area (Å²) in [5.41, 5.74) is 3.84. The van der Waals surface area contributed by atoms with Crippen molar-refractivity contribution >= 4 is 51.8 Å². The number of aromatic nitrogens is 1. The highest BCUT2D eigenvalue weighted by atomic mass is 35.5. The maximum absolute atomic E-state index is 11.9. The fraction of sp³-hybridized carbons (Fsp3) is 0.176. The van der Waals surface area contributed by atoms with Gasteiger partial charge in [-0.3, -0.25) is 4.79 Å². The Labute approximate surface area is 152 Å². The minimum Gasteiger partial charge on any atom is -0.294 e. The standard InChI is InChI=1S/C17H14ClNOS3/c1-9-14(10(2)20)17(21-3)23-15(9)16-19-13(8-22-16)11-4-6-12(18)7-5-11/h4-8H,1-3H3. The molecule has 2 aromatic heterocycles. The molecular formula is C17H14ClNOS3. The fourth-order valence-electron chi connectivity index (χ4n) is 2.37. The Morgan fingerprint density at radius 1 is 1.26 bits per heavy atom. The minimum atomic E-state index is 0.115. The van der Waals surface area contributed by atoms with Crippen molar-refractivity contribution in [3.05, 3.63) is 45.8 Å². The summed E-state index contributed by atoms with van der Waals surface area (Å²) < 4.78 is 1.06. The average molecular weight is 380 g/mol. The van der Waals surface area contributed by atoms with Gasteiger partial charge >= 0.3 is 0 Å². The molecule has 0 unspecified atom stereocenters. The van der Waals surface area contributed by atoms with E-state index in [0.717, 1.165) is 36.5 Å². The quantitative estimate of drug-likeness (QED) is 0.386. The van der Waals surface area contributed by atoms with Crippen molar-refractivity contribution in [3.8, 4) is 21.1 Å². The number of hydrogen-bond donors (Lipinski definition) is 0. The second-order valence-electron chi connectivity index (χ2n) is 5.02. The lowest BCUT2D eigenvalue weighted by molar-refractivity contribution is 0.101. The van der Waals surface area contributed by atoms with Crippen LogP contribution in [0.4, 0.5) is 0 Å². The molecule has 118 valence electrons. The normalized spacial score (nSPS) is 11.0. The van der Waals surface area contributed by atoms with E-state index < -0.39 is 0 Å². The first-order valence-electron chi connectivity index (χ1n) is 6.91. The summed E-state index contributed by atoms with van der Waals surface area (Å²) in [7, 11) is 0. The second kappa shape index (κ2) is 6.77. The first kappa shape index (κ1) is 16.7. The number of halogens is 1. The molecule has 6 heteroatoms. The maximum Gasteiger partial charge on any atom is 0.162 e. The number of carbonyl (C=O) groups excluding carboxylic acids is 1. The number of hydrogen-bond acceptors (Lipinski definition) is 5. The summed E-state index contributed by atoms with van der Waals surface area (Å²) in [5, 5.41) is 3.72. The highest BCUT2D eigenvalue weighted by Crippen LogP contribution is 2.42. The van der Waals surface area contributed by atoms with Crippen molar-refractivity contribution in [2.75, 3.05) is 6.26 Å². The van der Waals surface area contributed by atoms with E-state index in [2.05, 4.69) is 0 Å². The van der Waals surface area contributed by atoms with Crippen LogP contribution in [0.5, 0.6) is 0 Å². The Morgan fingerprint density at radius 2 is 1.96 bits per heavy atom. The molecule has 0 radical (unpaired) electrons. The number of rotatable bonds is 4. The van der Waals surface area contributed by atoms with E-state index in [1.54, 1.807) is 41.4 Å². The van der Waals surface area contributed by atoms with Crippen molar-refractivity contribution in [2.45, 2.75) is 18.1 Å². The van der Waals surface area contributed by atoms with Crippen LogP contribution in [0.3, 0.4) is 0 Å². The van der Waals surface area contributed by atoms with Gasteiger partial charge < -0.3 is 0 Å². The Bertz CT molecular complexity index is 865. The van der Waals surface area contributed by atoms with Crippen LogP contribution in [-0.4, -0.2) is 17.0 Å². The van der Waals surface area contributed by atoms with Crippen LogP contribution >= 0.6 is 46.0 Å². The topological polar surface area (TPSA) is 30.0 Å². The van der Waals surface area contributed by atoms with E-state index in [-0.39, 0.29) is 5.78 Å². The third-order valence-electron chi connectivity index (χ3n) is 3.49. The summed E-state index contributed by atoms with van der Waals surface area (Å²) in [4.78, 5) is 17.8. The molecule has 3 rings (SSSR count). The van der Waals surface area contributed by atoms with E-state index in [1.807, 2.05) is 42.8 Å². The lowest BCUT2D eigenvalue weighted by Gasteiger charge is -1.98. The molecule has 23 heavy (non-hydrogen) atoms. The molecule has 0 saturated heterocycles. The summed E-state index contributed by atoms with van der Waals surface area (Å²) in [6.45, 7) is 3.63. The van der Waals surface area contributed by atoms with Crippen LogP contribution in [-0.2, 0) is 0 Å². The molecule has 3 aromatic rings. The molecule has 0 atom stereocenters. The first-order chi connectivity index (χ1) is 11.0. The predicted molar refractivity (Wildman–Crippen MR) is 102 cm³/mol. The van der Waals surface area contributed by atoms with Crippen LogP contribution in [0, 0.1) is 6.92 Å². The number of thioether (sulfide) groups is 1. The average Bonchev–Trinajstić information content (AvgIpc) is 3.12. The van der Waals surface area contributed by atoms with Crippen molar-refractivity contribution in [1.82, 2.24) is 4.98 Å². The summed E-state index contributed by atoms with van der Waals surface area (Å²) in [6, 6.07) is 7.67. The Balaban J connectivity index is 2.04. The van der Waals surface area contributed by atoms with E-state index in [9.17, 15) is 4.79 Å². The lowest BCUT2D eigenvalue weighted by atomic mass is 10.1. The van der Waals surface area contributed by atoms with Crippen LogP contribution in [0.1, 0.15) is 22.8 Å². The van der Waals surface area contributed by atoms with Gasteiger partial charge in [-0.2, -0.15) is 0 Å². The van der Waals surface area contributed by atoms with Gasteiger partial charge in [0.25, 0.3) is 0 Å². The first-order valence-corrected chi connectivity index (χ1v) is 10.2. The molecule has 0 aliphatic rings. The predicted octanol–water partition coefficient (Wildman–Crippen LogP) is 6.42. The monoisotopic (exact) mass is 379 g/mol. The maximum atomic E-state index is 11.9.